The lowest BCUT2D eigenvalue weighted by molar-refractivity contribution is -0.122. The summed E-state index contributed by atoms with van der Waals surface area (Å²) in [5.74, 6) is -0.332. The van der Waals surface area contributed by atoms with Gasteiger partial charge in [0.2, 0.25) is 15.9 Å². The SMILES string of the molecule is CC[C@@H](C(=O)NCc1cccc(CN2CCCCC2)c1)N(c1ccc(C)c(Cl)c1)S(C)(=O)=O. The number of rotatable bonds is 9. The molecule has 1 aliphatic rings. The summed E-state index contributed by atoms with van der Waals surface area (Å²) < 4.78 is 26.4. The van der Waals surface area contributed by atoms with E-state index in [1.165, 1.54) is 29.1 Å². The third kappa shape index (κ3) is 6.95. The standard InChI is InChI=1S/C25H34ClN3O3S/c1-4-24(29(33(3,31)32)22-12-11-19(2)23(26)16-22)25(30)27-17-20-9-8-10-21(15-20)18-28-13-6-5-7-14-28/h8-12,15-16,24H,4-7,13-14,17-18H2,1-3H3,(H,27,30)/t24-/m0/s1. The van der Waals surface area contributed by atoms with Crippen molar-refractivity contribution in [3.63, 3.8) is 0 Å². The van der Waals surface area contributed by atoms with Crippen LogP contribution in [0.3, 0.4) is 0 Å². The lowest BCUT2D eigenvalue weighted by Crippen LogP contribution is -2.49. The lowest BCUT2D eigenvalue weighted by Gasteiger charge is -2.30. The topological polar surface area (TPSA) is 69.7 Å². The Balaban J connectivity index is 1.71. The van der Waals surface area contributed by atoms with E-state index in [2.05, 4.69) is 22.3 Å². The van der Waals surface area contributed by atoms with Crippen LogP contribution in [0.4, 0.5) is 5.69 Å². The summed E-state index contributed by atoms with van der Waals surface area (Å²) in [6, 6.07) is 12.4. The van der Waals surface area contributed by atoms with Crippen LogP contribution in [0.5, 0.6) is 0 Å². The Morgan fingerprint density at radius 1 is 1.12 bits per heavy atom. The van der Waals surface area contributed by atoms with Crippen LogP contribution in [-0.4, -0.2) is 44.6 Å². The van der Waals surface area contributed by atoms with Gasteiger partial charge < -0.3 is 5.32 Å². The van der Waals surface area contributed by atoms with Crippen LogP contribution in [0.2, 0.25) is 5.02 Å². The fraction of sp³-hybridized carbons (Fsp3) is 0.480. The van der Waals surface area contributed by atoms with E-state index < -0.39 is 16.1 Å². The maximum atomic E-state index is 13.1. The molecule has 0 aromatic heterocycles. The third-order valence-electron chi connectivity index (χ3n) is 6.05. The molecule has 1 amide bonds. The second kappa shape index (κ2) is 11.4. The average Bonchev–Trinajstić information content (AvgIpc) is 2.78. The molecule has 0 radical (unpaired) electrons. The Hall–Kier alpha value is -2.09. The Morgan fingerprint density at radius 3 is 2.45 bits per heavy atom. The van der Waals surface area contributed by atoms with E-state index in [-0.39, 0.29) is 5.91 Å². The molecule has 1 fully saturated rings. The predicted octanol–water partition coefficient (Wildman–Crippen LogP) is 4.50. The molecule has 2 aromatic carbocycles. The molecule has 1 heterocycles. The van der Waals surface area contributed by atoms with Crippen molar-refractivity contribution in [1.29, 1.82) is 0 Å². The van der Waals surface area contributed by atoms with Crippen LogP contribution in [0.15, 0.2) is 42.5 Å². The molecule has 1 aliphatic heterocycles. The summed E-state index contributed by atoms with van der Waals surface area (Å²) in [5, 5.41) is 3.40. The van der Waals surface area contributed by atoms with Crippen LogP contribution in [0.1, 0.15) is 49.3 Å². The van der Waals surface area contributed by atoms with E-state index in [9.17, 15) is 13.2 Å². The van der Waals surface area contributed by atoms with Gasteiger partial charge in [-0.15, -0.1) is 0 Å². The molecule has 0 bridgehead atoms. The maximum Gasteiger partial charge on any atom is 0.244 e. The third-order valence-corrected chi connectivity index (χ3v) is 7.64. The largest absolute Gasteiger partial charge is 0.350 e. The first-order valence-electron chi connectivity index (χ1n) is 11.5. The van der Waals surface area contributed by atoms with Crippen molar-refractivity contribution in [1.82, 2.24) is 10.2 Å². The van der Waals surface area contributed by atoms with Crippen LogP contribution in [0.25, 0.3) is 0 Å². The van der Waals surface area contributed by atoms with E-state index in [4.69, 9.17) is 11.6 Å². The second-order valence-corrected chi connectivity index (χ2v) is 11.1. The number of hydrogen-bond acceptors (Lipinski definition) is 4. The molecule has 3 rings (SSSR count). The van der Waals surface area contributed by atoms with Crippen LogP contribution in [-0.2, 0) is 27.9 Å². The monoisotopic (exact) mass is 491 g/mol. The van der Waals surface area contributed by atoms with Crippen LogP contribution >= 0.6 is 11.6 Å². The van der Waals surface area contributed by atoms with Crippen LogP contribution < -0.4 is 9.62 Å². The fourth-order valence-electron chi connectivity index (χ4n) is 4.30. The molecule has 33 heavy (non-hydrogen) atoms. The Bertz CT molecular complexity index is 1070. The summed E-state index contributed by atoms with van der Waals surface area (Å²) in [6.45, 7) is 7.16. The number of carbonyl (C=O) groups is 1. The van der Waals surface area contributed by atoms with Gasteiger partial charge >= 0.3 is 0 Å². The summed E-state index contributed by atoms with van der Waals surface area (Å²) in [5.41, 5.74) is 3.45. The van der Waals surface area contributed by atoms with E-state index in [1.54, 1.807) is 25.1 Å². The Morgan fingerprint density at radius 2 is 1.82 bits per heavy atom. The van der Waals surface area contributed by atoms with Crippen molar-refractivity contribution in [2.75, 3.05) is 23.7 Å². The van der Waals surface area contributed by atoms with Gasteiger partial charge in [0.15, 0.2) is 0 Å². The number of nitrogens with one attached hydrogen (secondary N) is 1. The lowest BCUT2D eigenvalue weighted by atomic mass is 10.1. The molecule has 6 nitrogen and oxygen atoms in total. The van der Waals surface area contributed by atoms with Crippen molar-refractivity contribution >= 4 is 33.2 Å². The highest BCUT2D eigenvalue weighted by Crippen LogP contribution is 2.27. The predicted molar refractivity (Wildman–Crippen MR) is 135 cm³/mol. The molecule has 2 aromatic rings. The molecule has 0 spiro atoms. The quantitative estimate of drug-likeness (QED) is 0.561. The van der Waals surface area contributed by atoms with Gasteiger partial charge in [0.25, 0.3) is 0 Å². The van der Waals surface area contributed by atoms with Crippen LogP contribution in [0, 0.1) is 6.92 Å². The normalized spacial score (nSPS) is 15.8. The first-order valence-corrected chi connectivity index (χ1v) is 13.7. The minimum Gasteiger partial charge on any atom is -0.350 e. The zero-order valence-electron chi connectivity index (χ0n) is 19.7. The van der Waals surface area contributed by atoms with Gasteiger partial charge in [0.05, 0.1) is 11.9 Å². The molecule has 1 saturated heterocycles. The molecule has 180 valence electrons. The second-order valence-electron chi connectivity index (χ2n) is 8.79. The number of hydrogen-bond donors (Lipinski definition) is 1. The van der Waals surface area contributed by atoms with Gasteiger partial charge in [-0.25, -0.2) is 8.42 Å². The molecular weight excluding hydrogens is 458 g/mol. The molecule has 8 heteroatoms. The molecule has 0 saturated carbocycles. The highest BCUT2D eigenvalue weighted by molar-refractivity contribution is 7.92. The number of amides is 1. The van der Waals surface area contributed by atoms with Crippen molar-refractivity contribution < 1.29 is 13.2 Å². The van der Waals surface area contributed by atoms with Crippen molar-refractivity contribution in [2.24, 2.45) is 0 Å². The smallest absolute Gasteiger partial charge is 0.244 e. The van der Waals surface area contributed by atoms with Gasteiger partial charge in [0.1, 0.15) is 6.04 Å². The van der Waals surface area contributed by atoms with Gasteiger partial charge in [-0.2, -0.15) is 0 Å². The number of nitrogens with zero attached hydrogens (tertiary/aromatic N) is 2. The van der Waals surface area contributed by atoms with E-state index in [0.717, 1.165) is 37.0 Å². The first-order chi connectivity index (χ1) is 15.7. The number of anilines is 1. The van der Waals surface area contributed by atoms with E-state index in [1.807, 2.05) is 19.1 Å². The highest BCUT2D eigenvalue weighted by Gasteiger charge is 2.31. The van der Waals surface area contributed by atoms with E-state index in [0.29, 0.717) is 23.7 Å². The number of benzene rings is 2. The Kier molecular flexibility index (Phi) is 8.79. The van der Waals surface area contributed by atoms with Gasteiger partial charge in [-0.05, 0) is 68.1 Å². The number of carbonyl (C=O) groups excluding carboxylic acids is 1. The number of sulfonamides is 1. The number of piperidine rings is 1. The van der Waals surface area contributed by atoms with Gasteiger partial charge in [-0.3, -0.25) is 14.0 Å². The zero-order valence-corrected chi connectivity index (χ0v) is 21.3. The number of likely N-dealkylation sites (tertiary alicyclic amines) is 1. The summed E-state index contributed by atoms with van der Waals surface area (Å²) in [4.78, 5) is 15.6. The number of halogens is 1. The fourth-order valence-corrected chi connectivity index (χ4v) is 5.68. The highest BCUT2D eigenvalue weighted by atomic mass is 35.5. The molecular formula is C25H34ClN3O3S. The zero-order chi connectivity index (χ0) is 24.0. The van der Waals surface area contributed by atoms with Crippen molar-refractivity contribution in [3.8, 4) is 0 Å². The van der Waals surface area contributed by atoms with Gasteiger partial charge in [-0.1, -0.05) is 55.3 Å². The summed E-state index contributed by atoms with van der Waals surface area (Å²) >= 11 is 6.24. The molecule has 1 atom stereocenters. The van der Waals surface area contributed by atoms with Crippen molar-refractivity contribution in [2.45, 2.75) is 58.7 Å². The minimum absolute atomic E-state index is 0.332. The van der Waals surface area contributed by atoms with Gasteiger partial charge in [0, 0.05) is 18.1 Å². The summed E-state index contributed by atoms with van der Waals surface area (Å²) in [6.07, 6.45) is 5.25. The molecule has 0 aliphatic carbocycles. The molecule has 0 unspecified atom stereocenters. The maximum absolute atomic E-state index is 13.1. The average molecular weight is 492 g/mol. The first kappa shape index (κ1) is 25.5. The minimum atomic E-state index is -3.70. The van der Waals surface area contributed by atoms with E-state index >= 15 is 0 Å². The van der Waals surface area contributed by atoms with Crippen molar-refractivity contribution in [3.05, 3.63) is 64.2 Å². The molecule has 1 N–H and O–H groups in total. The summed E-state index contributed by atoms with van der Waals surface area (Å²) in [7, 11) is -3.70. The Labute approximate surface area is 203 Å². The number of aryl methyl sites for hydroxylation is 1.